The zero-order chi connectivity index (χ0) is 11.5. The van der Waals surface area contributed by atoms with Crippen molar-refractivity contribution >= 4 is 18.6 Å². The molecule has 2 aromatic rings. The molecule has 0 amide bonds. The lowest BCUT2D eigenvalue weighted by Gasteiger charge is -2.06. The van der Waals surface area contributed by atoms with Crippen LogP contribution in [0.4, 0.5) is 0 Å². The van der Waals surface area contributed by atoms with E-state index < -0.39 is 5.97 Å². The van der Waals surface area contributed by atoms with E-state index in [4.69, 9.17) is 5.11 Å². The summed E-state index contributed by atoms with van der Waals surface area (Å²) in [5.41, 5.74) is 1.88. The summed E-state index contributed by atoms with van der Waals surface area (Å²) in [4.78, 5) is 11.8. The molecule has 0 fully saturated rings. The maximum atomic E-state index is 11.1. The lowest BCUT2D eigenvalue weighted by Crippen LogP contribution is -1.99. The molecule has 0 aliphatic heterocycles. The molecule has 0 unspecified atom stereocenters. The minimum absolute atomic E-state index is 0.295. The first kappa shape index (κ1) is 10.8. The Morgan fingerprint density at radius 1 is 1.06 bits per heavy atom. The second-order valence-corrected chi connectivity index (χ2v) is 3.92. The van der Waals surface area contributed by atoms with Crippen LogP contribution in [0.5, 0.6) is 0 Å². The molecule has 0 saturated heterocycles. The van der Waals surface area contributed by atoms with Gasteiger partial charge < -0.3 is 5.11 Å². The van der Waals surface area contributed by atoms with Crippen molar-refractivity contribution in [2.24, 2.45) is 0 Å². The van der Waals surface area contributed by atoms with Gasteiger partial charge >= 0.3 is 5.97 Å². The molecule has 0 saturated carbocycles. The van der Waals surface area contributed by atoms with E-state index in [1.54, 1.807) is 18.2 Å². The first-order chi connectivity index (χ1) is 7.68. The van der Waals surface area contributed by atoms with Crippen molar-refractivity contribution in [2.45, 2.75) is 4.90 Å². The molecule has 16 heavy (non-hydrogen) atoms. The predicted octanol–water partition coefficient (Wildman–Crippen LogP) is 3.34. The number of carboxylic acid groups (broad SMARTS) is 1. The zero-order valence-corrected chi connectivity index (χ0v) is 9.32. The Labute approximate surface area is 99.0 Å². The number of hydrogen-bond donors (Lipinski definition) is 2. The number of thiol groups is 1. The summed E-state index contributed by atoms with van der Waals surface area (Å²) >= 11 is 4.23. The fraction of sp³-hybridized carbons (Fsp3) is 0. The molecule has 2 nitrogen and oxygen atoms in total. The topological polar surface area (TPSA) is 37.3 Å². The quantitative estimate of drug-likeness (QED) is 0.776. The Bertz CT molecular complexity index is 521. The van der Waals surface area contributed by atoms with E-state index in [0.717, 1.165) is 10.5 Å². The highest BCUT2D eigenvalue weighted by molar-refractivity contribution is 7.80. The van der Waals surface area contributed by atoms with Gasteiger partial charge in [0.1, 0.15) is 0 Å². The van der Waals surface area contributed by atoms with Gasteiger partial charge in [0, 0.05) is 4.90 Å². The molecule has 0 atom stereocenters. The van der Waals surface area contributed by atoms with Crippen LogP contribution in [0, 0.1) is 0 Å². The van der Waals surface area contributed by atoms with Gasteiger partial charge in [0.15, 0.2) is 0 Å². The number of carboxylic acids is 1. The van der Waals surface area contributed by atoms with Gasteiger partial charge in [-0.15, -0.1) is 12.6 Å². The molecule has 0 heterocycles. The van der Waals surface area contributed by atoms with Crippen LogP contribution in [0.1, 0.15) is 10.4 Å². The maximum absolute atomic E-state index is 11.1. The lowest BCUT2D eigenvalue weighted by atomic mass is 10.00. The van der Waals surface area contributed by atoms with Crippen molar-refractivity contribution < 1.29 is 9.90 Å². The Morgan fingerprint density at radius 3 is 2.38 bits per heavy atom. The van der Waals surface area contributed by atoms with Crippen molar-refractivity contribution in [3.63, 3.8) is 0 Å². The summed E-state index contributed by atoms with van der Waals surface area (Å²) in [6, 6.07) is 14.4. The Balaban J connectivity index is 2.63. The molecule has 1 N–H and O–H groups in total. The van der Waals surface area contributed by atoms with Gasteiger partial charge in [-0.3, -0.25) is 0 Å². The van der Waals surface area contributed by atoms with Crippen LogP contribution in [-0.4, -0.2) is 11.1 Å². The van der Waals surface area contributed by atoms with E-state index >= 15 is 0 Å². The standard InChI is InChI=1S/C13H10O2S/c14-13(15)11-7-6-10(16)8-12(11)9-4-2-1-3-5-9/h1-8,16H,(H,14,15). The Morgan fingerprint density at radius 2 is 1.75 bits per heavy atom. The lowest BCUT2D eigenvalue weighted by molar-refractivity contribution is 0.0697. The molecule has 0 bridgehead atoms. The number of rotatable bonds is 2. The van der Waals surface area contributed by atoms with E-state index in [2.05, 4.69) is 12.6 Å². The minimum atomic E-state index is -0.924. The molecule has 2 aromatic carbocycles. The summed E-state index contributed by atoms with van der Waals surface area (Å²) < 4.78 is 0. The summed E-state index contributed by atoms with van der Waals surface area (Å²) in [5.74, 6) is -0.924. The zero-order valence-electron chi connectivity index (χ0n) is 8.42. The van der Waals surface area contributed by atoms with Crippen LogP contribution in [0.15, 0.2) is 53.4 Å². The van der Waals surface area contributed by atoms with E-state index in [-0.39, 0.29) is 0 Å². The third-order valence-electron chi connectivity index (χ3n) is 2.32. The van der Waals surface area contributed by atoms with Gasteiger partial charge in [-0.1, -0.05) is 30.3 Å². The second-order valence-electron chi connectivity index (χ2n) is 3.40. The molecule has 2 rings (SSSR count). The fourth-order valence-electron chi connectivity index (χ4n) is 1.58. The van der Waals surface area contributed by atoms with Crippen LogP contribution in [0.3, 0.4) is 0 Å². The highest BCUT2D eigenvalue weighted by Gasteiger charge is 2.11. The van der Waals surface area contributed by atoms with Gasteiger partial charge in [-0.05, 0) is 29.3 Å². The monoisotopic (exact) mass is 230 g/mol. The van der Waals surface area contributed by atoms with Crippen LogP contribution < -0.4 is 0 Å². The molecule has 0 spiro atoms. The van der Waals surface area contributed by atoms with Crippen LogP contribution in [0.2, 0.25) is 0 Å². The summed E-state index contributed by atoms with van der Waals surface area (Å²) in [5, 5.41) is 9.09. The van der Waals surface area contributed by atoms with E-state index in [9.17, 15) is 4.79 Å². The minimum Gasteiger partial charge on any atom is -0.478 e. The Hall–Kier alpha value is -1.74. The number of carbonyl (C=O) groups is 1. The van der Waals surface area contributed by atoms with Gasteiger partial charge in [-0.2, -0.15) is 0 Å². The van der Waals surface area contributed by atoms with E-state index in [1.165, 1.54) is 0 Å². The highest BCUT2D eigenvalue weighted by Crippen LogP contribution is 2.26. The van der Waals surface area contributed by atoms with Crippen molar-refractivity contribution in [2.75, 3.05) is 0 Å². The van der Waals surface area contributed by atoms with Gasteiger partial charge in [0.2, 0.25) is 0 Å². The average molecular weight is 230 g/mol. The number of hydrogen-bond acceptors (Lipinski definition) is 2. The van der Waals surface area contributed by atoms with Crippen molar-refractivity contribution in [1.29, 1.82) is 0 Å². The van der Waals surface area contributed by atoms with E-state index in [0.29, 0.717) is 11.1 Å². The van der Waals surface area contributed by atoms with Gasteiger partial charge in [0.05, 0.1) is 5.56 Å². The second kappa shape index (κ2) is 4.41. The van der Waals surface area contributed by atoms with E-state index in [1.807, 2.05) is 30.3 Å². The number of aromatic carboxylic acids is 1. The molecule has 0 aromatic heterocycles. The summed E-state index contributed by atoms with van der Waals surface area (Å²) in [6.07, 6.45) is 0. The summed E-state index contributed by atoms with van der Waals surface area (Å²) in [6.45, 7) is 0. The predicted molar refractivity (Wildman–Crippen MR) is 66.1 cm³/mol. The Kier molecular flexibility index (Phi) is 2.97. The van der Waals surface area contributed by atoms with Crippen molar-refractivity contribution in [3.05, 3.63) is 54.1 Å². The molecule has 80 valence electrons. The van der Waals surface area contributed by atoms with Crippen molar-refractivity contribution in [3.8, 4) is 11.1 Å². The third kappa shape index (κ3) is 2.09. The van der Waals surface area contributed by atoms with Crippen molar-refractivity contribution in [1.82, 2.24) is 0 Å². The highest BCUT2D eigenvalue weighted by atomic mass is 32.1. The van der Waals surface area contributed by atoms with Crippen LogP contribution in [-0.2, 0) is 0 Å². The number of benzene rings is 2. The summed E-state index contributed by atoms with van der Waals surface area (Å²) in [7, 11) is 0. The van der Waals surface area contributed by atoms with Crippen LogP contribution in [0.25, 0.3) is 11.1 Å². The van der Waals surface area contributed by atoms with Gasteiger partial charge in [-0.25, -0.2) is 4.79 Å². The maximum Gasteiger partial charge on any atom is 0.336 e. The first-order valence-corrected chi connectivity index (χ1v) is 5.25. The molecule has 0 radical (unpaired) electrons. The van der Waals surface area contributed by atoms with Gasteiger partial charge in [0.25, 0.3) is 0 Å². The SMILES string of the molecule is O=C(O)c1ccc(S)cc1-c1ccccc1. The molecular formula is C13H10O2S. The largest absolute Gasteiger partial charge is 0.478 e. The normalized spacial score (nSPS) is 10.1. The molecular weight excluding hydrogens is 220 g/mol. The fourth-order valence-corrected chi connectivity index (χ4v) is 1.78. The molecule has 0 aliphatic carbocycles. The molecule has 0 aliphatic rings. The third-order valence-corrected chi connectivity index (χ3v) is 2.60. The smallest absolute Gasteiger partial charge is 0.336 e. The van der Waals surface area contributed by atoms with Crippen LogP contribution >= 0.6 is 12.6 Å². The first-order valence-electron chi connectivity index (χ1n) is 4.80. The average Bonchev–Trinajstić information content (AvgIpc) is 2.29. The molecule has 3 heteroatoms.